The van der Waals surface area contributed by atoms with Gasteiger partial charge in [-0.1, -0.05) is 0 Å². The molecule has 0 unspecified atom stereocenters. The van der Waals surface area contributed by atoms with Crippen molar-refractivity contribution in [1.82, 2.24) is 14.9 Å². The highest BCUT2D eigenvalue weighted by molar-refractivity contribution is 5.90. The van der Waals surface area contributed by atoms with Gasteiger partial charge in [0.05, 0.1) is 18.4 Å². The summed E-state index contributed by atoms with van der Waals surface area (Å²) in [7, 11) is 1.37. The molecule has 1 N–H and O–H groups in total. The maximum atomic E-state index is 12.5. The molecule has 0 aromatic carbocycles. The Morgan fingerprint density at radius 3 is 2.84 bits per heavy atom. The maximum Gasteiger partial charge on any atom is 0.339 e. The maximum absolute atomic E-state index is 12.5. The van der Waals surface area contributed by atoms with Gasteiger partial charge < -0.3 is 14.6 Å². The number of rotatable bonds is 4. The lowest BCUT2D eigenvalue weighted by Gasteiger charge is -2.20. The Morgan fingerprint density at radius 2 is 2.12 bits per heavy atom. The molecule has 0 radical (unpaired) electrons. The van der Waals surface area contributed by atoms with Crippen LogP contribution in [0.4, 0.5) is 0 Å². The van der Waals surface area contributed by atoms with Crippen molar-refractivity contribution in [3.05, 3.63) is 52.6 Å². The molecule has 0 atom stereocenters. The molecular formula is C19H23N3O3. The minimum absolute atomic E-state index is 0.160. The van der Waals surface area contributed by atoms with Crippen molar-refractivity contribution in [2.45, 2.75) is 32.6 Å². The highest BCUT2D eigenvalue weighted by Crippen LogP contribution is 2.19. The van der Waals surface area contributed by atoms with Gasteiger partial charge in [0.15, 0.2) is 0 Å². The second-order valence-corrected chi connectivity index (χ2v) is 6.29. The molecule has 132 valence electrons. The van der Waals surface area contributed by atoms with Crippen molar-refractivity contribution in [2.75, 3.05) is 20.2 Å². The summed E-state index contributed by atoms with van der Waals surface area (Å²) in [4.78, 5) is 34.0. The number of aromatic nitrogens is 2. The number of hydrogen-bond donors (Lipinski definition) is 1. The highest BCUT2D eigenvalue weighted by atomic mass is 16.5. The van der Waals surface area contributed by atoms with Crippen LogP contribution in [0.2, 0.25) is 0 Å². The molecule has 1 amide bonds. The Labute approximate surface area is 147 Å². The minimum atomic E-state index is -0.365. The summed E-state index contributed by atoms with van der Waals surface area (Å²) < 4.78 is 4.82. The Hall–Kier alpha value is -2.63. The van der Waals surface area contributed by atoms with Gasteiger partial charge in [-0.15, -0.1) is 0 Å². The summed E-state index contributed by atoms with van der Waals surface area (Å²) in [6.45, 7) is 3.14. The first-order valence-corrected chi connectivity index (χ1v) is 8.56. The monoisotopic (exact) mass is 341 g/mol. The van der Waals surface area contributed by atoms with E-state index in [-0.39, 0.29) is 11.9 Å². The number of hydrogen-bond acceptors (Lipinski definition) is 4. The zero-order valence-electron chi connectivity index (χ0n) is 14.7. The number of carbonyl (C=O) groups is 2. The van der Waals surface area contributed by atoms with E-state index in [0.29, 0.717) is 43.6 Å². The number of methoxy groups -OCH3 is 1. The van der Waals surface area contributed by atoms with Gasteiger partial charge >= 0.3 is 5.97 Å². The molecule has 0 aliphatic carbocycles. The van der Waals surface area contributed by atoms with E-state index in [1.54, 1.807) is 0 Å². The number of esters is 1. The molecular weight excluding hydrogens is 318 g/mol. The first-order valence-electron chi connectivity index (χ1n) is 8.56. The molecule has 0 bridgehead atoms. The summed E-state index contributed by atoms with van der Waals surface area (Å²) in [5, 5.41) is 0. The standard InChI is InChI=1S/C19H23N3O3/c1-13-16(19(24)25-2)12-14-7-10-22(11-8-17(14)21-13)18(23)6-5-15-4-3-9-20-15/h3-4,9,12,20H,5-8,10-11H2,1-2H3. The molecule has 6 heteroatoms. The van der Waals surface area contributed by atoms with Crippen molar-refractivity contribution in [3.63, 3.8) is 0 Å². The lowest BCUT2D eigenvalue weighted by molar-refractivity contribution is -0.131. The number of pyridine rings is 1. The van der Waals surface area contributed by atoms with Crippen LogP contribution in [0.3, 0.4) is 0 Å². The summed E-state index contributed by atoms with van der Waals surface area (Å²) in [6.07, 6.45) is 4.51. The van der Waals surface area contributed by atoms with Gasteiger partial charge in [-0.05, 0) is 43.5 Å². The largest absolute Gasteiger partial charge is 0.465 e. The smallest absolute Gasteiger partial charge is 0.339 e. The lowest BCUT2D eigenvalue weighted by Crippen LogP contribution is -2.33. The molecule has 1 aliphatic heterocycles. The molecule has 0 fully saturated rings. The first-order chi connectivity index (χ1) is 12.1. The predicted octanol–water partition coefficient (Wildman–Crippen LogP) is 2.06. The van der Waals surface area contributed by atoms with Crippen molar-refractivity contribution < 1.29 is 14.3 Å². The van der Waals surface area contributed by atoms with Gasteiger partial charge in [-0.3, -0.25) is 9.78 Å². The summed E-state index contributed by atoms with van der Waals surface area (Å²) in [5.74, 6) is -0.205. The van der Waals surface area contributed by atoms with E-state index in [4.69, 9.17) is 4.74 Å². The molecule has 1 aliphatic rings. The predicted molar refractivity (Wildman–Crippen MR) is 93.4 cm³/mol. The van der Waals surface area contributed by atoms with Crippen LogP contribution in [0, 0.1) is 6.92 Å². The van der Waals surface area contributed by atoms with E-state index < -0.39 is 0 Å². The fraction of sp³-hybridized carbons (Fsp3) is 0.421. The quantitative estimate of drug-likeness (QED) is 0.864. The van der Waals surface area contributed by atoms with E-state index >= 15 is 0 Å². The van der Waals surface area contributed by atoms with Crippen LogP contribution >= 0.6 is 0 Å². The topological polar surface area (TPSA) is 75.3 Å². The fourth-order valence-electron chi connectivity index (χ4n) is 3.23. The van der Waals surface area contributed by atoms with Crippen molar-refractivity contribution in [3.8, 4) is 0 Å². The Kier molecular flexibility index (Phi) is 5.16. The van der Waals surface area contributed by atoms with E-state index in [2.05, 4.69) is 9.97 Å². The minimum Gasteiger partial charge on any atom is -0.465 e. The van der Waals surface area contributed by atoms with Gasteiger partial charge in [0.25, 0.3) is 0 Å². The number of nitrogens with one attached hydrogen (secondary N) is 1. The summed E-state index contributed by atoms with van der Waals surface area (Å²) in [5.41, 5.74) is 4.27. The van der Waals surface area contributed by atoms with Crippen molar-refractivity contribution in [1.29, 1.82) is 0 Å². The molecule has 6 nitrogen and oxygen atoms in total. The van der Waals surface area contributed by atoms with E-state index in [0.717, 1.165) is 23.4 Å². The number of aromatic amines is 1. The van der Waals surface area contributed by atoms with Crippen LogP contribution < -0.4 is 0 Å². The summed E-state index contributed by atoms with van der Waals surface area (Å²) in [6, 6.07) is 5.80. The normalized spacial score (nSPS) is 13.9. The van der Waals surface area contributed by atoms with Crippen LogP contribution in [-0.4, -0.2) is 46.9 Å². The number of aryl methyl sites for hydroxylation is 2. The van der Waals surface area contributed by atoms with Crippen LogP contribution in [0.15, 0.2) is 24.4 Å². The Bertz CT molecular complexity index is 768. The van der Waals surface area contributed by atoms with Crippen molar-refractivity contribution >= 4 is 11.9 Å². The Morgan fingerprint density at radius 1 is 1.32 bits per heavy atom. The van der Waals surface area contributed by atoms with Crippen LogP contribution in [-0.2, 0) is 28.8 Å². The van der Waals surface area contributed by atoms with Gasteiger partial charge in [0.1, 0.15) is 0 Å². The second-order valence-electron chi connectivity index (χ2n) is 6.29. The number of fused-ring (bicyclic) bond motifs is 1. The van der Waals surface area contributed by atoms with Gasteiger partial charge in [-0.2, -0.15) is 0 Å². The van der Waals surface area contributed by atoms with Gasteiger partial charge in [0, 0.05) is 43.5 Å². The SMILES string of the molecule is COC(=O)c1cc2c(nc1C)CCN(C(=O)CCc1ccc[nH]1)CC2. The third kappa shape index (κ3) is 3.90. The highest BCUT2D eigenvalue weighted by Gasteiger charge is 2.21. The Balaban J connectivity index is 1.67. The van der Waals surface area contributed by atoms with Crippen molar-refractivity contribution in [2.24, 2.45) is 0 Å². The number of carbonyl (C=O) groups excluding carboxylic acids is 2. The van der Waals surface area contributed by atoms with Crippen LogP contribution in [0.1, 0.15) is 39.4 Å². The van der Waals surface area contributed by atoms with E-state index in [9.17, 15) is 9.59 Å². The molecule has 3 rings (SSSR count). The molecule has 0 spiro atoms. The summed E-state index contributed by atoms with van der Waals surface area (Å²) >= 11 is 0. The average Bonchev–Trinajstić information content (AvgIpc) is 3.05. The van der Waals surface area contributed by atoms with Crippen LogP contribution in [0.25, 0.3) is 0 Å². The number of nitrogens with zero attached hydrogens (tertiary/aromatic N) is 2. The molecule has 2 aromatic rings. The zero-order valence-corrected chi connectivity index (χ0v) is 14.7. The average molecular weight is 341 g/mol. The third-order valence-electron chi connectivity index (χ3n) is 4.68. The molecule has 2 aromatic heterocycles. The molecule has 0 saturated carbocycles. The molecule has 3 heterocycles. The van der Waals surface area contributed by atoms with Crippen LogP contribution in [0.5, 0.6) is 0 Å². The van der Waals surface area contributed by atoms with E-state index in [1.165, 1.54) is 7.11 Å². The van der Waals surface area contributed by atoms with Gasteiger partial charge in [-0.25, -0.2) is 4.79 Å². The zero-order chi connectivity index (χ0) is 17.8. The molecule has 0 saturated heterocycles. The molecule has 25 heavy (non-hydrogen) atoms. The number of amides is 1. The fourth-order valence-corrected chi connectivity index (χ4v) is 3.23. The number of ether oxygens (including phenoxy) is 1. The lowest BCUT2D eigenvalue weighted by atomic mass is 10.0. The number of H-pyrrole nitrogens is 1. The van der Waals surface area contributed by atoms with Gasteiger partial charge in [0.2, 0.25) is 5.91 Å². The second kappa shape index (κ2) is 7.51. The first kappa shape index (κ1) is 17.2. The van der Waals surface area contributed by atoms with E-state index in [1.807, 2.05) is 36.2 Å². The third-order valence-corrected chi connectivity index (χ3v) is 4.68.